The fourth-order valence-electron chi connectivity index (χ4n) is 1.45. The highest BCUT2D eigenvalue weighted by atomic mass is 35.5. The minimum absolute atomic E-state index is 0.157. The van der Waals surface area contributed by atoms with Crippen LogP contribution in [0.3, 0.4) is 0 Å². The van der Waals surface area contributed by atoms with E-state index in [9.17, 15) is 5.11 Å². The first-order valence-corrected chi connectivity index (χ1v) is 5.51. The molecule has 2 nitrogen and oxygen atoms in total. The van der Waals surface area contributed by atoms with Gasteiger partial charge in [0.2, 0.25) is 0 Å². The molecular weight excluding hydrogens is 220 g/mol. The summed E-state index contributed by atoms with van der Waals surface area (Å²) in [5.74, 6) is 1.10. The van der Waals surface area contributed by atoms with Gasteiger partial charge in [0.05, 0.1) is 7.11 Å². The van der Waals surface area contributed by atoms with Gasteiger partial charge < -0.3 is 9.84 Å². The van der Waals surface area contributed by atoms with Crippen LogP contribution in [-0.2, 0) is 5.88 Å². The van der Waals surface area contributed by atoms with Gasteiger partial charge in [0.25, 0.3) is 0 Å². The maximum absolute atomic E-state index is 9.58. The van der Waals surface area contributed by atoms with Gasteiger partial charge in [-0.2, -0.15) is 0 Å². The molecule has 1 aromatic carbocycles. The van der Waals surface area contributed by atoms with E-state index in [1.165, 1.54) is 0 Å². The Labute approximate surface area is 90.7 Å². The van der Waals surface area contributed by atoms with Gasteiger partial charge in [-0.25, -0.2) is 0 Å². The summed E-state index contributed by atoms with van der Waals surface area (Å²) < 4.78 is 6.24. The van der Waals surface area contributed by atoms with Crippen molar-refractivity contribution in [2.24, 2.45) is 0 Å². The van der Waals surface area contributed by atoms with Crippen LogP contribution in [0.2, 0.25) is 0 Å². The number of methoxy groups -OCH3 is 1. The lowest BCUT2D eigenvalue weighted by Gasteiger charge is -2.05. The van der Waals surface area contributed by atoms with Gasteiger partial charge in [-0.1, -0.05) is 0 Å². The van der Waals surface area contributed by atoms with E-state index in [4.69, 9.17) is 16.3 Å². The van der Waals surface area contributed by atoms with Gasteiger partial charge in [-0.05, 0) is 23.1 Å². The Hall–Kier alpha value is -0.930. The zero-order valence-electron chi connectivity index (χ0n) is 7.58. The van der Waals surface area contributed by atoms with E-state index in [-0.39, 0.29) is 5.75 Å². The van der Waals surface area contributed by atoms with E-state index in [2.05, 4.69) is 0 Å². The topological polar surface area (TPSA) is 29.5 Å². The summed E-state index contributed by atoms with van der Waals surface area (Å²) in [4.78, 5) is 0. The summed E-state index contributed by atoms with van der Waals surface area (Å²) in [7, 11) is 1.55. The Morgan fingerprint density at radius 2 is 2.29 bits per heavy atom. The van der Waals surface area contributed by atoms with Gasteiger partial charge in [-0.3, -0.25) is 0 Å². The molecule has 14 heavy (non-hydrogen) atoms. The van der Waals surface area contributed by atoms with Crippen molar-refractivity contribution in [1.82, 2.24) is 0 Å². The molecule has 0 spiro atoms. The quantitative estimate of drug-likeness (QED) is 0.799. The number of ether oxygens (including phenoxy) is 1. The van der Waals surface area contributed by atoms with Crippen molar-refractivity contribution in [3.8, 4) is 11.5 Å². The number of fused-ring (bicyclic) bond motifs is 1. The van der Waals surface area contributed by atoms with Crippen molar-refractivity contribution in [3.05, 3.63) is 23.1 Å². The summed E-state index contributed by atoms with van der Waals surface area (Å²) in [6, 6.07) is 3.50. The Kier molecular flexibility index (Phi) is 2.52. The molecule has 0 fully saturated rings. The van der Waals surface area contributed by atoms with Crippen LogP contribution in [0.5, 0.6) is 11.5 Å². The zero-order chi connectivity index (χ0) is 10.1. The lowest BCUT2D eigenvalue weighted by atomic mass is 10.1. The molecule has 0 atom stereocenters. The average molecular weight is 229 g/mol. The highest BCUT2D eigenvalue weighted by Crippen LogP contribution is 2.40. The van der Waals surface area contributed by atoms with Gasteiger partial charge in [0.15, 0.2) is 11.5 Å². The molecule has 2 aromatic rings. The van der Waals surface area contributed by atoms with Crippen molar-refractivity contribution in [2.45, 2.75) is 5.88 Å². The van der Waals surface area contributed by atoms with E-state index in [0.717, 1.165) is 15.6 Å². The van der Waals surface area contributed by atoms with Crippen molar-refractivity contribution in [3.63, 3.8) is 0 Å². The number of alkyl halides is 1. The standard InChI is InChI=1S/C10H9ClO2S/c1-13-10-7(12)2-3-8-9(10)6(4-11)5-14-8/h2-3,5,12H,4H2,1H3. The number of hydrogen-bond acceptors (Lipinski definition) is 3. The largest absolute Gasteiger partial charge is 0.504 e. The molecular formula is C10H9ClO2S. The second-order valence-electron chi connectivity index (χ2n) is 2.89. The summed E-state index contributed by atoms with van der Waals surface area (Å²) >= 11 is 7.40. The molecule has 0 saturated heterocycles. The molecule has 0 amide bonds. The zero-order valence-corrected chi connectivity index (χ0v) is 9.15. The predicted molar refractivity (Wildman–Crippen MR) is 59.6 cm³/mol. The lowest BCUT2D eigenvalue weighted by molar-refractivity contribution is 0.378. The third-order valence-electron chi connectivity index (χ3n) is 2.10. The van der Waals surface area contributed by atoms with E-state index in [0.29, 0.717) is 11.6 Å². The molecule has 0 unspecified atom stereocenters. The van der Waals surface area contributed by atoms with Crippen molar-refractivity contribution < 1.29 is 9.84 Å². The van der Waals surface area contributed by atoms with Crippen LogP contribution < -0.4 is 4.74 Å². The maximum Gasteiger partial charge on any atom is 0.169 e. The predicted octanol–water partition coefficient (Wildman–Crippen LogP) is 3.35. The number of hydrogen-bond donors (Lipinski definition) is 1. The van der Waals surface area contributed by atoms with Crippen LogP contribution >= 0.6 is 22.9 Å². The summed E-state index contributed by atoms with van der Waals surface area (Å²) in [6.45, 7) is 0. The Bertz CT molecular complexity index is 464. The smallest absolute Gasteiger partial charge is 0.169 e. The first kappa shape index (κ1) is 9.62. The van der Waals surface area contributed by atoms with Crippen LogP contribution in [0.4, 0.5) is 0 Å². The number of benzene rings is 1. The molecule has 1 heterocycles. The van der Waals surface area contributed by atoms with Crippen molar-refractivity contribution in [2.75, 3.05) is 7.11 Å². The third kappa shape index (κ3) is 1.33. The minimum Gasteiger partial charge on any atom is -0.504 e. The third-order valence-corrected chi connectivity index (χ3v) is 3.38. The highest BCUT2D eigenvalue weighted by Gasteiger charge is 2.12. The highest BCUT2D eigenvalue weighted by molar-refractivity contribution is 7.17. The molecule has 0 saturated carbocycles. The fourth-order valence-corrected chi connectivity index (χ4v) is 2.72. The molecule has 4 heteroatoms. The average Bonchev–Trinajstić information content (AvgIpc) is 2.61. The van der Waals surface area contributed by atoms with E-state index in [1.54, 1.807) is 24.5 Å². The SMILES string of the molecule is COc1c(O)ccc2scc(CCl)c12. The fraction of sp³-hybridized carbons (Fsp3) is 0.200. The normalized spacial score (nSPS) is 10.7. The lowest BCUT2D eigenvalue weighted by Crippen LogP contribution is -1.86. The second kappa shape index (κ2) is 3.67. The number of thiophene rings is 1. The number of phenolic OH excluding ortho intramolecular Hbond substituents is 1. The number of halogens is 1. The van der Waals surface area contributed by atoms with Crippen LogP contribution in [0.1, 0.15) is 5.56 Å². The first-order valence-electron chi connectivity index (χ1n) is 4.10. The molecule has 0 aliphatic carbocycles. The molecule has 0 aliphatic rings. The van der Waals surface area contributed by atoms with Crippen LogP contribution in [0.25, 0.3) is 10.1 Å². The van der Waals surface area contributed by atoms with Gasteiger partial charge >= 0.3 is 0 Å². The summed E-state index contributed by atoms with van der Waals surface area (Å²) in [5.41, 5.74) is 0.999. The second-order valence-corrected chi connectivity index (χ2v) is 4.06. The molecule has 1 N–H and O–H groups in total. The molecule has 2 rings (SSSR count). The van der Waals surface area contributed by atoms with E-state index in [1.807, 2.05) is 11.4 Å². The van der Waals surface area contributed by atoms with Crippen LogP contribution in [0, 0.1) is 0 Å². The summed E-state index contributed by atoms with van der Waals surface area (Å²) in [5, 5.41) is 12.5. The van der Waals surface area contributed by atoms with Crippen molar-refractivity contribution >= 4 is 33.0 Å². The molecule has 0 bridgehead atoms. The Balaban J connectivity index is 2.81. The van der Waals surface area contributed by atoms with Crippen LogP contribution in [-0.4, -0.2) is 12.2 Å². The van der Waals surface area contributed by atoms with Crippen LogP contribution in [0.15, 0.2) is 17.5 Å². The van der Waals surface area contributed by atoms with Gasteiger partial charge in [0.1, 0.15) is 0 Å². The Morgan fingerprint density at radius 1 is 1.50 bits per heavy atom. The molecule has 0 aliphatic heterocycles. The number of rotatable bonds is 2. The van der Waals surface area contributed by atoms with Gasteiger partial charge in [0, 0.05) is 16.0 Å². The molecule has 1 aromatic heterocycles. The molecule has 74 valence electrons. The first-order chi connectivity index (χ1) is 6.77. The number of phenols is 1. The minimum atomic E-state index is 0.157. The van der Waals surface area contributed by atoms with Gasteiger partial charge in [-0.15, -0.1) is 22.9 Å². The summed E-state index contributed by atoms with van der Waals surface area (Å²) in [6.07, 6.45) is 0. The Morgan fingerprint density at radius 3 is 2.93 bits per heavy atom. The maximum atomic E-state index is 9.58. The monoisotopic (exact) mass is 228 g/mol. The van der Waals surface area contributed by atoms with Crippen molar-refractivity contribution in [1.29, 1.82) is 0 Å². The van der Waals surface area contributed by atoms with E-state index < -0.39 is 0 Å². The number of aromatic hydroxyl groups is 1. The van der Waals surface area contributed by atoms with E-state index >= 15 is 0 Å². The molecule has 0 radical (unpaired) electrons.